The number of methoxy groups -OCH3 is 2. The number of amides is 1. The van der Waals surface area contributed by atoms with Gasteiger partial charge in [-0.25, -0.2) is 0 Å². The van der Waals surface area contributed by atoms with Gasteiger partial charge in [-0.15, -0.1) is 0 Å². The quantitative estimate of drug-likeness (QED) is 0.637. The minimum Gasteiger partial charge on any atom is -0.497 e. The van der Waals surface area contributed by atoms with E-state index in [1.54, 1.807) is 20.3 Å². The molecule has 2 heterocycles. The Morgan fingerprint density at radius 3 is 2.59 bits per heavy atom. The molecule has 7 nitrogen and oxygen atoms in total. The van der Waals surface area contributed by atoms with Crippen molar-refractivity contribution >= 4 is 5.91 Å². The average Bonchev–Trinajstić information content (AvgIpc) is 3.35. The van der Waals surface area contributed by atoms with Crippen molar-refractivity contribution in [3.8, 4) is 22.9 Å². The molecule has 1 atom stereocenters. The number of carbonyl (C=O) groups excluding carboxylic acids is 1. The topological polar surface area (TPSA) is 77.7 Å². The number of benzene rings is 2. The zero-order valence-electron chi connectivity index (χ0n) is 16.7. The Morgan fingerprint density at radius 2 is 1.90 bits per heavy atom. The summed E-state index contributed by atoms with van der Waals surface area (Å²) in [5.41, 5.74) is 3.03. The molecule has 1 saturated heterocycles. The lowest BCUT2D eigenvalue weighted by Crippen LogP contribution is -2.24. The lowest BCUT2D eigenvalue weighted by molar-refractivity contribution is -0.128. The van der Waals surface area contributed by atoms with Crippen molar-refractivity contribution in [2.75, 3.05) is 20.8 Å². The molecule has 0 N–H and O–H groups in total. The minimum absolute atomic E-state index is 0.0966. The van der Waals surface area contributed by atoms with Gasteiger partial charge in [0, 0.05) is 31.1 Å². The van der Waals surface area contributed by atoms with Crippen LogP contribution in [0.2, 0.25) is 0 Å². The van der Waals surface area contributed by atoms with Crippen LogP contribution in [-0.2, 0) is 11.3 Å². The molecule has 1 amide bonds. The summed E-state index contributed by atoms with van der Waals surface area (Å²) in [6.07, 6.45) is 0.370. The van der Waals surface area contributed by atoms with Crippen molar-refractivity contribution in [2.45, 2.75) is 25.8 Å². The highest BCUT2D eigenvalue weighted by Crippen LogP contribution is 2.32. The molecule has 0 bridgehead atoms. The number of hydrogen-bond acceptors (Lipinski definition) is 6. The Kier molecular flexibility index (Phi) is 5.20. The SMILES string of the molecule is COc1cc(OC)cc(-c2noc(C3CC(=O)N(Cc4cccc(C)c4)C3)n2)c1. The summed E-state index contributed by atoms with van der Waals surface area (Å²) in [5.74, 6) is 2.20. The molecule has 3 aromatic rings. The van der Waals surface area contributed by atoms with Gasteiger partial charge in [-0.2, -0.15) is 4.98 Å². The molecule has 4 rings (SSSR count). The maximum atomic E-state index is 12.5. The van der Waals surface area contributed by atoms with Gasteiger partial charge in [0.05, 0.1) is 20.1 Å². The van der Waals surface area contributed by atoms with E-state index < -0.39 is 0 Å². The monoisotopic (exact) mass is 393 g/mol. The van der Waals surface area contributed by atoms with E-state index in [0.29, 0.717) is 42.7 Å². The highest BCUT2D eigenvalue weighted by molar-refractivity contribution is 5.79. The van der Waals surface area contributed by atoms with Crippen LogP contribution in [0.3, 0.4) is 0 Å². The van der Waals surface area contributed by atoms with E-state index in [9.17, 15) is 4.79 Å². The third kappa shape index (κ3) is 4.08. The van der Waals surface area contributed by atoms with Gasteiger partial charge in [0.2, 0.25) is 17.6 Å². The predicted octanol–water partition coefficient (Wildman–Crippen LogP) is 3.58. The number of aryl methyl sites for hydroxylation is 1. The lowest BCUT2D eigenvalue weighted by Gasteiger charge is -2.16. The van der Waals surface area contributed by atoms with Crippen LogP contribution in [0.25, 0.3) is 11.4 Å². The Hall–Kier alpha value is -3.35. The van der Waals surface area contributed by atoms with Crippen LogP contribution in [0.1, 0.15) is 29.4 Å². The summed E-state index contributed by atoms with van der Waals surface area (Å²) in [6.45, 7) is 3.20. The molecule has 0 spiro atoms. The lowest BCUT2D eigenvalue weighted by atomic mass is 10.1. The molecule has 1 aliphatic heterocycles. The second-order valence-electron chi connectivity index (χ2n) is 7.22. The molecule has 1 unspecified atom stereocenters. The first-order valence-corrected chi connectivity index (χ1v) is 9.46. The van der Waals surface area contributed by atoms with Crippen LogP contribution in [0.15, 0.2) is 47.0 Å². The fourth-order valence-electron chi connectivity index (χ4n) is 3.58. The van der Waals surface area contributed by atoms with Crippen molar-refractivity contribution in [3.63, 3.8) is 0 Å². The van der Waals surface area contributed by atoms with Gasteiger partial charge in [-0.3, -0.25) is 4.79 Å². The standard InChI is InChI=1S/C22H23N3O4/c1-14-5-4-6-15(7-14)12-25-13-17(10-20(25)26)22-23-21(24-29-22)16-8-18(27-2)11-19(9-16)28-3/h4-9,11,17H,10,12-13H2,1-3H3. The summed E-state index contributed by atoms with van der Waals surface area (Å²) in [6, 6.07) is 13.6. The molecule has 2 aromatic carbocycles. The third-order valence-corrected chi connectivity index (χ3v) is 5.07. The van der Waals surface area contributed by atoms with E-state index in [0.717, 1.165) is 11.1 Å². The molecule has 0 saturated carbocycles. The van der Waals surface area contributed by atoms with E-state index >= 15 is 0 Å². The normalized spacial score (nSPS) is 16.3. The smallest absolute Gasteiger partial charge is 0.232 e. The molecule has 1 aromatic heterocycles. The first-order chi connectivity index (χ1) is 14.1. The number of hydrogen-bond donors (Lipinski definition) is 0. The Bertz CT molecular complexity index is 1010. The summed E-state index contributed by atoms with van der Waals surface area (Å²) >= 11 is 0. The van der Waals surface area contributed by atoms with Gasteiger partial charge >= 0.3 is 0 Å². The number of likely N-dealkylation sites (tertiary alicyclic amines) is 1. The van der Waals surface area contributed by atoms with Crippen LogP contribution >= 0.6 is 0 Å². The van der Waals surface area contributed by atoms with Crippen molar-refractivity contribution in [2.24, 2.45) is 0 Å². The van der Waals surface area contributed by atoms with Crippen molar-refractivity contribution < 1.29 is 18.8 Å². The third-order valence-electron chi connectivity index (χ3n) is 5.07. The zero-order valence-corrected chi connectivity index (χ0v) is 16.7. The molecule has 7 heteroatoms. The van der Waals surface area contributed by atoms with E-state index in [1.165, 1.54) is 5.56 Å². The first kappa shape index (κ1) is 19.0. The number of ether oxygens (including phenoxy) is 2. The Balaban J connectivity index is 1.51. The first-order valence-electron chi connectivity index (χ1n) is 9.46. The van der Waals surface area contributed by atoms with Crippen molar-refractivity contribution in [1.82, 2.24) is 15.0 Å². The second-order valence-corrected chi connectivity index (χ2v) is 7.22. The van der Waals surface area contributed by atoms with E-state index in [-0.39, 0.29) is 11.8 Å². The summed E-state index contributed by atoms with van der Waals surface area (Å²) in [4.78, 5) is 18.9. The van der Waals surface area contributed by atoms with Crippen LogP contribution in [0, 0.1) is 6.92 Å². The Morgan fingerprint density at radius 1 is 1.14 bits per heavy atom. The number of carbonyl (C=O) groups is 1. The number of aromatic nitrogens is 2. The van der Waals surface area contributed by atoms with Crippen molar-refractivity contribution in [1.29, 1.82) is 0 Å². The Labute approximate surface area is 169 Å². The van der Waals surface area contributed by atoms with Crippen LogP contribution in [0.4, 0.5) is 0 Å². The van der Waals surface area contributed by atoms with Crippen LogP contribution in [0.5, 0.6) is 11.5 Å². The summed E-state index contributed by atoms with van der Waals surface area (Å²) in [7, 11) is 3.18. The van der Waals surface area contributed by atoms with Gasteiger partial charge < -0.3 is 18.9 Å². The van der Waals surface area contributed by atoms with Gasteiger partial charge in [0.1, 0.15) is 11.5 Å². The second kappa shape index (κ2) is 7.95. The van der Waals surface area contributed by atoms with Crippen LogP contribution < -0.4 is 9.47 Å². The van der Waals surface area contributed by atoms with Gasteiger partial charge in [-0.05, 0) is 24.6 Å². The predicted molar refractivity (Wildman–Crippen MR) is 107 cm³/mol. The fourth-order valence-corrected chi connectivity index (χ4v) is 3.58. The fraction of sp³-hybridized carbons (Fsp3) is 0.318. The van der Waals surface area contributed by atoms with Gasteiger partial charge in [0.25, 0.3) is 0 Å². The van der Waals surface area contributed by atoms with Gasteiger partial charge in [0.15, 0.2) is 0 Å². The minimum atomic E-state index is -0.110. The molecule has 0 aliphatic carbocycles. The maximum absolute atomic E-state index is 12.5. The molecular weight excluding hydrogens is 370 g/mol. The van der Waals surface area contributed by atoms with Crippen LogP contribution in [-0.4, -0.2) is 41.7 Å². The molecule has 29 heavy (non-hydrogen) atoms. The molecule has 1 fully saturated rings. The molecule has 0 radical (unpaired) electrons. The summed E-state index contributed by atoms with van der Waals surface area (Å²) in [5, 5.41) is 4.10. The van der Waals surface area contributed by atoms with Crippen molar-refractivity contribution in [3.05, 3.63) is 59.5 Å². The highest BCUT2D eigenvalue weighted by Gasteiger charge is 2.34. The highest BCUT2D eigenvalue weighted by atomic mass is 16.5. The molecule has 150 valence electrons. The number of rotatable bonds is 6. The molecular formula is C22H23N3O4. The summed E-state index contributed by atoms with van der Waals surface area (Å²) < 4.78 is 16.1. The molecule has 1 aliphatic rings. The van der Waals surface area contributed by atoms with Gasteiger partial charge in [-0.1, -0.05) is 35.0 Å². The maximum Gasteiger partial charge on any atom is 0.232 e. The van der Waals surface area contributed by atoms with E-state index in [4.69, 9.17) is 14.0 Å². The zero-order chi connectivity index (χ0) is 20.4. The average molecular weight is 393 g/mol. The van der Waals surface area contributed by atoms with E-state index in [1.807, 2.05) is 42.2 Å². The number of nitrogens with zero attached hydrogens (tertiary/aromatic N) is 3. The largest absolute Gasteiger partial charge is 0.497 e. The van der Waals surface area contributed by atoms with E-state index in [2.05, 4.69) is 16.2 Å².